The number of benzene rings is 1. The van der Waals surface area contributed by atoms with Gasteiger partial charge in [-0.1, -0.05) is 19.8 Å². The number of hydrogen-bond acceptors (Lipinski definition) is 5. The molecule has 2 N–H and O–H groups in total. The molecule has 154 valence electrons. The molecular formula is C20H26F3N3OS. The third kappa shape index (κ3) is 5.61. The smallest absolute Gasteiger partial charge is 0.420 e. The number of rotatable bonds is 8. The highest BCUT2D eigenvalue weighted by atomic mass is 32.1. The van der Waals surface area contributed by atoms with Crippen LogP contribution in [0.25, 0.3) is 0 Å². The van der Waals surface area contributed by atoms with Gasteiger partial charge in [-0.25, -0.2) is 4.98 Å². The first-order valence-electron chi connectivity index (χ1n) is 9.74. The number of nitrogens with one attached hydrogen (secondary N) is 2. The molecule has 1 fully saturated rings. The van der Waals surface area contributed by atoms with Crippen LogP contribution in [0.4, 0.5) is 24.0 Å². The lowest BCUT2D eigenvalue weighted by Crippen LogP contribution is -2.28. The Morgan fingerprint density at radius 2 is 2.18 bits per heavy atom. The minimum Gasteiger partial charge on any atom is -0.493 e. The second kappa shape index (κ2) is 9.60. The van der Waals surface area contributed by atoms with Crippen LogP contribution in [0.15, 0.2) is 23.6 Å². The number of alkyl halides is 3. The van der Waals surface area contributed by atoms with Crippen molar-refractivity contribution in [3.05, 3.63) is 34.8 Å². The van der Waals surface area contributed by atoms with Crippen molar-refractivity contribution >= 4 is 22.2 Å². The third-order valence-corrected chi connectivity index (χ3v) is 5.55. The van der Waals surface area contributed by atoms with Gasteiger partial charge >= 0.3 is 6.18 Å². The highest BCUT2D eigenvalue weighted by Gasteiger charge is 2.34. The second-order valence-corrected chi connectivity index (χ2v) is 7.87. The number of anilines is 2. The molecule has 2 aromatic rings. The van der Waals surface area contributed by atoms with E-state index in [1.807, 2.05) is 12.3 Å². The lowest BCUT2D eigenvalue weighted by atomic mass is 9.97. The van der Waals surface area contributed by atoms with Gasteiger partial charge < -0.3 is 15.4 Å². The number of unbranched alkanes of at least 4 members (excludes halogenated alkanes) is 2. The summed E-state index contributed by atoms with van der Waals surface area (Å²) < 4.78 is 45.8. The van der Waals surface area contributed by atoms with Crippen molar-refractivity contribution in [1.82, 2.24) is 10.3 Å². The number of ether oxygens (including phenoxy) is 1. The highest BCUT2D eigenvalue weighted by molar-refractivity contribution is 7.13. The third-order valence-electron chi connectivity index (χ3n) is 4.78. The molecule has 1 aromatic carbocycles. The molecule has 0 saturated carbocycles. The molecule has 2 heterocycles. The van der Waals surface area contributed by atoms with Crippen molar-refractivity contribution in [2.75, 3.05) is 25.0 Å². The Balaban J connectivity index is 1.70. The highest BCUT2D eigenvalue weighted by Crippen LogP contribution is 2.39. The predicted octanol–water partition coefficient (Wildman–Crippen LogP) is 5.94. The van der Waals surface area contributed by atoms with Gasteiger partial charge in [-0.15, -0.1) is 11.3 Å². The van der Waals surface area contributed by atoms with Crippen molar-refractivity contribution in [1.29, 1.82) is 0 Å². The minimum atomic E-state index is -4.47. The van der Waals surface area contributed by atoms with Gasteiger partial charge in [0.15, 0.2) is 5.13 Å². The van der Waals surface area contributed by atoms with Gasteiger partial charge in [0.1, 0.15) is 5.75 Å². The van der Waals surface area contributed by atoms with Gasteiger partial charge in [-0.05, 0) is 44.0 Å². The van der Waals surface area contributed by atoms with E-state index in [9.17, 15) is 13.2 Å². The fourth-order valence-electron chi connectivity index (χ4n) is 3.25. The zero-order chi connectivity index (χ0) is 20.0. The summed E-state index contributed by atoms with van der Waals surface area (Å²) in [6.07, 6.45) is 0.387. The monoisotopic (exact) mass is 413 g/mol. The Hall–Kier alpha value is -1.80. The van der Waals surface area contributed by atoms with Crippen LogP contribution in [0.1, 0.15) is 56.2 Å². The fraction of sp³-hybridized carbons (Fsp3) is 0.550. The molecule has 1 atom stereocenters. The van der Waals surface area contributed by atoms with Crippen LogP contribution >= 0.6 is 11.3 Å². The van der Waals surface area contributed by atoms with Crippen LogP contribution in [0, 0.1) is 0 Å². The molecule has 3 rings (SSSR count). The van der Waals surface area contributed by atoms with E-state index in [1.165, 1.54) is 17.4 Å². The van der Waals surface area contributed by atoms with Gasteiger partial charge in [0.25, 0.3) is 0 Å². The van der Waals surface area contributed by atoms with Crippen LogP contribution in [-0.4, -0.2) is 24.7 Å². The Labute approximate surface area is 167 Å². The first kappa shape index (κ1) is 20.9. The number of piperidine rings is 1. The lowest BCUT2D eigenvalue weighted by molar-refractivity contribution is -0.138. The number of thiazole rings is 1. The van der Waals surface area contributed by atoms with E-state index in [4.69, 9.17) is 4.74 Å². The van der Waals surface area contributed by atoms with Crippen LogP contribution in [-0.2, 0) is 6.18 Å². The van der Waals surface area contributed by atoms with E-state index in [2.05, 4.69) is 15.6 Å². The minimum absolute atomic E-state index is 0.123. The van der Waals surface area contributed by atoms with Gasteiger partial charge in [0, 0.05) is 23.5 Å². The number of aromatic nitrogens is 1. The summed E-state index contributed by atoms with van der Waals surface area (Å²) in [5, 5.41) is 8.95. The van der Waals surface area contributed by atoms with Gasteiger partial charge in [0.05, 0.1) is 17.9 Å². The average Bonchev–Trinajstić information content (AvgIpc) is 3.14. The second-order valence-electron chi connectivity index (χ2n) is 7.01. The molecule has 0 radical (unpaired) electrons. The fourth-order valence-corrected chi connectivity index (χ4v) is 4.06. The quantitative estimate of drug-likeness (QED) is 0.526. The van der Waals surface area contributed by atoms with Gasteiger partial charge in [-0.2, -0.15) is 13.2 Å². The van der Waals surface area contributed by atoms with Crippen LogP contribution < -0.4 is 15.4 Å². The van der Waals surface area contributed by atoms with E-state index >= 15 is 0 Å². The first-order valence-corrected chi connectivity index (χ1v) is 10.6. The zero-order valence-electron chi connectivity index (χ0n) is 15.9. The average molecular weight is 414 g/mol. The maximum Gasteiger partial charge on any atom is 0.420 e. The summed E-state index contributed by atoms with van der Waals surface area (Å²) in [5.74, 6) is 0.243. The van der Waals surface area contributed by atoms with Crippen LogP contribution in [0.5, 0.6) is 5.75 Å². The van der Waals surface area contributed by atoms with Gasteiger partial charge in [-0.3, -0.25) is 0 Å². The summed E-state index contributed by atoms with van der Waals surface area (Å²) in [6.45, 7) is 4.25. The number of halogens is 3. The molecule has 0 aliphatic carbocycles. The SMILES string of the molecule is CCCCCOc1ccc(Nc2nc(C3CCCNC3)cs2)cc1C(F)(F)F. The maximum absolute atomic E-state index is 13.5. The van der Waals surface area contributed by atoms with E-state index in [0.29, 0.717) is 16.7 Å². The summed E-state index contributed by atoms with van der Waals surface area (Å²) in [6, 6.07) is 4.09. The normalized spacial score (nSPS) is 17.5. The molecule has 4 nitrogen and oxygen atoms in total. The van der Waals surface area contributed by atoms with E-state index in [-0.39, 0.29) is 12.4 Å². The Kier molecular flexibility index (Phi) is 7.18. The molecule has 1 aromatic heterocycles. The van der Waals surface area contributed by atoms with E-state index < -0.39 is 11.7 Å². The Bertz CT molecular complexity index is 757. The molecule has 8 heteroatoms. The molecular weight excluding hydrogens is 387 g/mol. The molecule has 0 amide bonds. The lowest BCUT2D eigenvalue weighted by Gasteiger charge is -2.20. The molecule has 0 bridgehead atoms. The summed E-state index contributed by atoms with van der Waals surface area (Å²) in [4.78, 5) is 4.57. The van der Waals surface area contributed by atoms with Crippen molar-refractivity contribution in [2.24, 2.45) is 0 Å². The van der Waals surface area contributed by atoms with Gasteiger partial charge in [0.2, 0.25) is 0 Å². The molecule has 1 unspecified atom stereocenters. The molecule has 1 saturated heterocycles. The summed E-state index contributed by atoms with van der Waals surface area (Å²) in [7, 11) is 0. The zero-order valence-corrected chi connectivity index (χ0v) is 16.8. The van der Waals surface area contributed by atoms with Crippen molar-refractivity contribution < 1.29 is 17.9 Å². The molecule has 28 heavy (non-hydrogen) atoms. The van der Waals surface area contributed by atoms with Crippen molar-refractivity contribution in [3.8, 4) is 5.75 Å². The van der Waals surface area contributed by atoms with Crippen molar-refractivity contribution in [3.63, 3.8) is 0 Å². The Morgan fingerprint density at radius 3 is 2.89 bits per heavy atom. The maximum atomic E-state index is 13.5. The van der Waals surface area contributed by atoms with Crippen LogP contribution in [0.3, 0.4) is 0 Å². The topological polar surface area (TPSA) is 46.2 Å². The standard InChI is InChI=1S/C20H26F3N3OS/c1-2-3-4-10-27-18-8-7-15(11-16(18)20(21,22)23)25-19-26-17(13-28-19)14-6-5-9-24-12-14/h7-8,11,13-14,24H,2-6,9-10,12H2,1H3,(H,25,26). The van der Waals surface area contributed by atoms with E-state index in [1.54, 1.807) is 6.07 Å². The molecule has 1 aliphatic rings. The van der Waals surface area contributed by atoms with E-state index in [0.717, 1.165) is 57.0 Å². The predicted molar refractivity (Wildman–Crippen MR) is 107 cm³/mol. The number of hydrogen-bond donors (Lipinski definition) is 2. The van der Waals surface area contributed by atoms with Crippen LogP contribution in [0.2, 0.25) is 0 Å². The first-order chi connectivity index (χ1) is 13.5. The molecule has 1 aliphatic heterocycles. The molecule has 0 spiro atoms. The summed E-state index contributed by atoms with van der Waals surface area (Å²) >= 11 is 1.41. The van der Waals surface area contributed by atoms with Crippen molar-refractivity contribution in [2.45, 2.75) is 51.1 Å². The number of nitrogens with zero attached hydrogens (tertiary/aromatic N) is 1. The Morgan fingerprint density at radius 1 is 1.32 bits per heavy atom. The largest absolute Gasteiger partial charge is 0.493 e. The summed E-state index contributed by atoms with van der Waals surface area (Å²) in [5.41, 5.74) is 0.588.